The second-order valence-corrected chi connectivity index (χ2v) is 6.67. The van der Waals surface area contributed by atoms with Gasteiger partial charge in [0, 0.05) is 25.1 Å². The van der Waals surface area contributed by atoms with Gasteiger partial charge in [-0.2, -0.15) is 0 Å². The van der Waals surface area contributed by atoms with Gasteiger partial charge in [0.1, 0.15) is 5.75 Å². The second kappa shape index (κ2) is 8.51. The Labute approximate surface area is 162 Å². The summed E-state index contributed by atoms with van der Waals surface area (Å²) in [6.07, 6.45) is 0.233. The molecule has 0 aliphatic carbocycles. The molecule has 1 heterocycles. The number of non-ortho nitro benzene ring substituents is 1. The second-order valence-electron chi connectivity index (χ2n) is 6.67. The fourth-order valence-corrected chi connectivity index (χ4v) is 3.19. The van der Waals surface area contributed by atoms with E-state index in [1.807, 2.05) is 37.3 Å². The van der Waals surface area contributed by atoms with Crippen molar-refractivity contribution in [3.8, 4) is 5.75 Å². The van der Waals surface area contributed by atoms with Crippen LogP contribution in [0.2, 0.25) is 0 Å². The molecule has 8 nitrogen and oxygen atoms in total. The molecule has 0 bridgehead atoms. The molecule has 1 saturated heterocycles. The van der Waals surface area contributed by atoms with Gasteiger partial charge in [-0.3, -0.25) is 19.7 Å². The Morgan fingerprint density at radius 1 is 1.25 bits per heavy atom. The van der Waals surface area contributed by atoms with E-state index in [-0.39, 0.29) is 48.4 Å². The van der Waals surface area contributed by atoms with E-state index in [9.17, 15) is 19.7 Å². The highest BCUT2D eigenvalue weighted by Gasteiger charge is 2.37. The zero-order chi connectivity index (χ0) is 20.1. The summed E-state index contributed by atoms with van der Waals surface area (Å²) in [7, 11) is 0. The first-order chi connectivity index (χ1) is 13.4. The number of ether oxygens (including phenoxy) is 1. The maximum absolute atomic E-state index is 12.3. The molecule has 0 spiro atoms. The monoisotopic (exact) mass is 383 g/mol. The van der Waals surface area contributed by atoms with E-state index in [2.05, 4.69) is 5.32 Å². The van der Waals surface area contributed by atoms with Crippen molar-refractivity contribution in [1.82, 2.24) is 10.2 Å². The van der Waals surface area contributed by atoms with Crippen molar-refractivity contribution in [1.29, 1.82) is 0 Å². The summed E-state index contributed by atoms with van der Waals surface area (Å²) in [6.45, 7) is 2.12. The summed E-state index contributed by atoms with van der Waals surface area (Å²) in [5.74, 6) is -0.149. The molecule has 28 heavy (non-hydrogen) atoms. The first-order valence-electron chi connectivity index (χ1n) is 8.94. The summed E-state index contributed by atoms with van der Waals surface area (Å²) < 4.78 is 5.34. The average molecular weight is 383 g/mol. The SMILES string of the molecule is C[C@H]1[C@H](NC(=O)COc2cccc([N+](=O)[O-])c2)CC(=O)N1Cc1ccccc1. The highest BCUT2D eigenvalue weighted by Crippen LogP contribution is 2.22. The van der Waals surface area contributed by atoms with Crippen LogP contribution in [0, 0.1) is 10.1 Å². The van der Waals surface area contributed by atoms with E-state index >= 15 is 0 Å². The first kappa shape index (κ1) is 19.3. The Hall–Kier alpha value is -3.42. The van der Waals surface area contributed by atoms with Gasteiger partial charge in [-0.15, -0.1) is 0 Å². The summed E-state index contributed by atoms with van der Waals surface area (Å²) >= 11 is 0. The predicted molar refractivity (Wildman–Crippen MR) is 102 cm³/mol. The van der Waals surface area contributed by atoms with Gasteiger partial charge < -0.3 is 15.0 Å². The van der Waals surface area contributed by atoms with E-state index in [1.54, 1.807) is 11.0 Å². The highest BCUT2D eigenvalue weighted by atomic mass is 16.6. The highest BCUT2D eigenvalue weighted by molar-refractivity contribution is 5.83. The molecule has 2 aromatic carbocycles. The lowest BCUT2D eigenvalue weighted by Gasteiger charge is -2.25. The minimum Gasteiger partial charge on any atom is -0.484 e. The third kappa shape index (κ3) is 4.64. The molecule has 1 aliphatic rings. The Balaban J connectivity index is 1.53. The third-order valence-corrected chi connectivity index (χ3v) is 4.73. The fourth-order valence-electron chi connectivity index (χ4n) is 3.19. The third-order valence-electron chi connectivity index (χ3n) is 4.73. The van der Waals surface area contributed by atoms with Crippen LogP contribution in [0.5, 0.6) is 5.75 Å². The van der Waals surface area contributed by atoms with Crippen LogP contribution in [0.15, 0.2) is 54.6 Å². The van der Waals surface area contributed by atoms with Crippen molar-refractivity contribution in [3.05, 3.63) is 70.3 Å². The number of nitro groups is 1. The van der Waals surface area contributed by atoms with Crippen molar-refractivity contribution in [2.24, 2.45) is 0 Å². The molecule has 2 amide bonds. The molecule has 8 heteroatoms. The maximum atomic E-state index is 12.3. The quantitative estimate of drug-likeness (QED) is 0.584. The van der Waals surface area contributed by atoms with Crippen LogP contribution >= 0.6 is 0 Å². The Bertz CT molecular complexity index is 871. The minimum absolute atomic E-state index is 0.0127. The Morgan fingerprint density at radius 3 is 2.71 bits per heavy atom. The molecule has 1 aliphatic heterocycles. The zero-order valence-corrected chi connectivity index (χ0v) is 15.4. The molecule has 0 aromatic heterocycles. The molecule has 1 fully saturated rings. The first-order valence-corrected chi connectivity index (χ1v) is 8.94. The van der Waals surface area contributed by atoms with Crippen LogP contribution in [0.1, 0.15) is 18.9 Å². The lowest BCUT2D eigenvalue weighted by Crippen LogP contribution is -2.44. The molecule has 146 valence electrons. The van der Waals surface area contributed by atoms with Gasteiger partial charge in [0.15, 0.2) is 6.61 Å². The molecular formula is C20H21N3O5. The molecule has 2 atom stereocenters. The van der Waals surface area contributed by atoms with Gasteiger partial charge in [0.25, 0.3) is 11.6 Å². The number of likely N-dealkylation sites (tertiary alicyclic amines) is 1. The van der Waals surface area contributed by atoms with Gasteiger partial charge >= 0.3 is 0 Å². The van der Waals surface area contributed by atoms with E-state index < -0.39 is 4.92 Å². The van der Waals surface area contributed by atoms with Crippen LogP contribution in [0.25, 0.3) is 0 Å². The summed E-state index contributed by atoms with van der Waals surface area (Å²) in [5, 5.41) is 13.6. The fraction of sp³-hybridized carbons (Fsp3) is 0.300. The zero-order valence-electron chi connectivity index (χ0n) is 15.4. The lowest BCUT2D eigenvalue weighted by molar-refractivity contribution is -0.384. The number of hydrogen-bond acceptors (Lipinski definition) is 5. The summed E-state index contributed by atoms with van der Waals surface area (Å²) in [6, 6.07) is 14.9. The normalized spacial score (nSPS) is 18.8. The van der Waals surface area contributed by atoms with E-state index in [4.69, 9.17) is 4.74 Å². The number of nitrogens with one attached hydrogen (secondary N) is 1. The Kier molecular flexibility index (Phi) is 5.88. The van der Waals surface area contributed by atoms with Crippen LogP contribution in [-0.4, -0.2) is 40.3 Å². The van der Waals surface area contributed by atoms with Gasteiger partial charge in [-0.1, -0.05) is 36.4 Å². The molecule has 0 unspecified atom stereocenters. The topological polar surface area (TPSA) is 102 Å². The number of carbonyl (C=O) groups is 2. The van der Waals surface area contributed by atoms with Crippen LogP contribution in [-0.2, 0) is 16.1 Å². The summed E-state index contributed by atoms with van der Waals surface area (Å²) in [5.41, 5.74) is 0.924. The van der Waals surface area contributed by atoms with E-state index in [0.29, 0.717) is 6.54 Å². The molecule has 3 rings (SSSR count). The smallest absolute Gasteiger partial charge is 0.273 e. The number of amides is 2. The molecule has 0 saturated carbocycles. The van der Waals surface area contributed by atoms with Gasteiger partial charge in [0.05, 0.1) is 17.0 Å². The van der Waals surface area contributed by atoms with Crippen LogP contribution < -0.4 is 10.1 Å². The maximum Gasteiger partial charge on any atom is 0.273 e. The average Bonchev–Trinajstić information content (AvgIpc) is 2.95. The Morgan fingerprint density at radius 2 is 2.00 bits per heavy atom. The van der Waals surface area contributed by atoms with Crippen molar-refractivity contribution < 1.29 is 19.2 Å². The van der Waals surface area contributed by atoms with Gasteiger partial charge in [-0.25, -0.2) is 0 Å². The van der Waals surface area contributed by atoms with Gasteiger partial charge in [0.2, 0.25) is 5.91 Å². The molecule has 1 N–H and O–H groups in total. The largest absolute Gasteiger partial charge is 0.484 e. The number of rotatable bonds is 7. The number of carbonyl (C=O) groups excluding carboxylic acids is 2. The predicted octanol–water partition coefficient (Wildman–Crippen LogP) is 2.28. The standard InChI is InChI=1S/C20H21N3O5/c1-14-18(11-20(25)22(14)12-15-6-3-2-4-7-15)21-19(24)13-28-17-9-5-8-16(10-17)23(26)27/h2-10,14,18H,11-13H2,1H3,(H,21,24)/t14-,18+/m0/s1. The lowest BCUT2D eigenvalue weighted by atomic mass is 10.1. The van der Waals surface area contributed by atoms with Crippen molar-refractivity contribution in [2.75, 3.05) is 6.61 Å². The van der Waals surface area contributed by atoms with Crippen molar-refractivity contribution in [2.45, 2.75) is 32.0 Å². The summed E-state index contributed by atoms with van der Waals surface area (Å²) in [4.78, 5) is 36.6. The van der Waals surface area contributed by atoms with Crippen LogP contribution in [0.4, 0.5) is 5.69 Å². The van der Waals surface area contributed by atoms with Crippen LogP contribution in [0.3, 0.4) is 0 Å². The van der Waals surface area contributed by atoms with Crippen molar-refractivity contribution >= 4 is 17.5 Å². The molecule has 0 radical (unpaired) electrons. The number of hydrogen-bond donors (Lipinski definition) is 1. The number of nitrogens with zero attached hydrogens (tertiary/aromatic N) is 2. The molecular weight excluding hydrogens is 362 g/mol. The van der Waals surface area contributed by atoms with E-state index in [1.165, 1.54) is 18.2 Å². The molecule has 2 aromatic rings. The number of nitro benzene ring substituents is 1. The van der Waals surface area contributed by atoms with Crippen molar-refractivity contribution in [3.63, 3.8) is 0 Å². The number of benzene rings is 2. The van der Waals surface area contributed by atoms with Gasteiger partial charge in [-0.05, 0) is 18.6 Å². The van der Waals surface area contributed by atoms with E-state index in [0.717, 1.165) is 5.56 Å². The minimum atomic E-state index is -0.528.